The van der Waals surface area contributed by atoms with Gasteiger partial charge in [0.15, 0.2) is 0 Å². The van der Waals surface area contributed by atoms with Gasteiger partial charge in [-0.2, -0.15) is 0 Å². The normalized spacial score (nSPS) is 10.5. The van der Waals surface area contributed by atoms with Crippen LogP contribution < -0.4 is 59.1 Å². The third kappa shape index (κ3) is 9.67. The fourth-order valence-corrected chi connectivity index (χ4v) is 2.35. The van der Waals surface area contributed by atoms with E-state index in [0.29, 0.717) is 0 Å². The maximum Gasteiger partial charge on any atom is 1.00 e. The minimum atomic E-state index is -4.27. The summed E-state index contributed by atoms with van der Waals surface area (Å²) in [5, 5.41) is 0. The number of hydrogen-bond donors (Lipinski definition) is 0. The Kier molecular flexibility index (Phi) is 12.2. The number of aryl methyl sites for hydroxylation is 2. The molecule has 0 amide bonds. The van der Waals surface area contributed by atoms with Crippen molar-refractivity contribution in [1.29, 1.82) is 0 Å². The standard InChI is InChI=1S/2C7H8O3S.2Na/c2*1-6-2-4-7(5-3-6)11(8,9)10;;/h2*2-5H,1H3,(H,8,9,10);;/q;;2*+1/p-2. The molecule has 0 fully saturated rings. The molecular formula is C14H14Na2O6S2. The van der Waals surface area contributed by atoms with Crippen LogP contribution in [0.1, 0.15) is 11.1 Å². The Hall–Kier alpha value is 0.260. The van der Waals surface area contributed by atoms with Gasteiger partial charge in [-0.15, -0.1) is 0 Å². The maximum atomic E-state index is 10.4. The van der Waals surface area contributed by atoms with Gasteiger partial charge in [0, 0.05) is 0 Å². The zero-order chi connectivity index (χ0) is 17.0. The molecule has 0 aliphatic heterocycles. The Morgan fingerprint density at radius 3 is 0.958 bits per heavy atom. The zero-order valence-electron chi connectivity index (χ0n) is 13.9. The molecule has 24 heavy (non-hydrogen) atoms. The van der Waals surface area contributed by atoms with Crippen LogP contribution in [0.2, 0.25) is 0 Å². The summed E-state index contributed by atoms with van der Waals surface area (Å²) >= 11 is 0. The quantitative estimate of drug-likeness (QED) is 0.381. The maximum absolute atomic E-state index is 10.4. The summed E-state index contributed by atoms with van der Waals surface area (Å²) < 4.78 is 62.3. The fourth-order valence-electron chi connectivity index (χ4n) is 1.41. The van der Waals surface area contributed by atoms with Gasteiger partial charge >= 0.3 is 59.1 Å². The van der Waals surface area contributed by atoms with E-state index in [9.17, 15) is 25.9 Å². The van der Waals surface area contributed by atoms with E-state index in [-0.39, 0.29) is 68.9 Å². The summed E-state index contributed by atoms with van der Waals surface area (Å²) in [6.07, 6.45) is 0. The van der Waals surface area contributed by atoms with Crippen molar-refractivity contribution < 1.29 is 85.1 Å². The SMILES string of the molecule is Cc1ccc(S(=O)(=O)[O-])cc1.Cc1ccc(S(=O)(=O)[O-])cc1.[Na+].[Na+]. The zero-order valence-corrected chi connectivity index (χ0v) is 19.5. The Balaban J connectivity index is 0. The van der Waals surface area contributed by atoms with Crippen molar-refractivity contribution >= 4 is 20.2 Å². The Bertz CT molecular complexity index is 756. The summed E-state index contributed by atoms with van der Waals surface area (Å²) in [5.41, 5.74) is 1.86. The van der Waals surface area contributed by atoms with Crippen LogP contribution in [0.3, 0.4) is 0 Å². The molecule has 0 saturated carbocycles. The van der Waals surface area contributed by atoms with E-state index in [1.807, 2.05) is 13.8 Å². The number of benzene rings is 2. The molecule has 0 saturated heterocycles. The van der Waals surface area contributed by atoms with Crippen LogP contribution >= 0.6 is 0 Å². The van der Waals surface area contributed by atoms with Crippen LogP contribution in [0.5, 0.6) is 0 Å². The van der Waals surface area contributed by atoms with Gasteiger partial charge in [-0.3, -0.25) is 0 Å². The predicted molar refractivity (Wildman–Crippen MR) is 78.3 cm³/mol. The minimum Gasteiger partial charge on any atom is -0.744 e. The molecule has 0 atom stereocenters. The minimum absolute atomic E-state index is 0. The fraction of sp³-hybridized carbons (Fsp3) is 0.143. The molecule has 0 aliphatic rings. The topological polar surface area (TPSA) is 114 Å². The third-order valence-corrected chi connectivity index (χ3v) is 4.32. The molecule has 0 aliphatic carbocycles. The first kappa shape index (κ1) is 26.5. The molecule has 0 radical (unpaired) electrons. The van der Waals surface area contributed by atoms with Crippen LogP contribution in [-0.4, -0.2) is 25.9 Å². The number of hydrogen-bond acceptors (Lipinski definition) is 6. The van der Waals surface area contributed by atoms with Gasteiger partial charge in [0.25, 0.3) is 0 Å². The molecule has 2 rings (SSSR count). The molecule has 0 spiro atoms. The van der Waals surface area contributed by atoms with Crippen molar-refractivity contribution in [2.24, 2.45) is 0 Å². The van der Waals surface area contributed by atoms with Gasteiger partial charge in [0.2, 0.25) is 0 Å². The largest absolute Gasteiger partial charge is 1.00 e. The van der Waals surface area contributed by atoms with E-state index in [0.717, 1.165) is 11.1 Å². The molecule has 10 heteroatoms. The molecule has 2 aromatic carbocycles. The Morgan fingerprint density at radius 1 is 0.583 bits per heavy atom. The van der Waals surface area contributed by atoms with Gasteiger partial charge in [0.05, 0.1) is 9.79 Å². The van der Waals surface area contributed by atoms with Crippen LogP contribution in [0, 0.1) is 13.8 Å². The van der Waals surface area contributed by atoms with Gasteiger partial charge in [-0.05, 0) is 38.1 Å². The van der Waals surface area contributed by atoms with Gasteiger partial charge in [-0.25, -0.2) is 16.8 Å². The van der Waals surface area contributed by atoms with Crippen LogP contribution in [-0.2, 0) is 20.2 Å². The molecule has 120 valence electrons. The molecule has 0 aromatic heterocycles. The summed E-state index contributed by atoms with van der Waals surface area (Å²) in [7, 11) is -8.54. The molecule has 2 aromatic rings. The smallest absolute Gasteiger partial charge is 0.744 e. The monoisotopic (exact) mass is 388 g/mol. The number of rotatable bonds is 2. The van der Waals surface area contributed by atoms with Crippen molar-refractivity contribution in [1.82, 2.24) is 0 Å². The van der Waals surface area contributed by atoms with E-state index >= 15 is 0 Å². The Labute approximate surface area is 186 Å². The second kappa shape index (κ2) is 11.1. The van der Waals surface area contributed by atoms with E-state index in [1.165, 1.54) is 24.3 Å². The Morgan fingerprint density at radius 2 is 0.792 bits per heavy atom. The van der Waals surface area contributed by atoms with Crippen LogP contribution in [0.15, 0.2) is 58.3 Å². The van der Waals surface area contributed by atoms with Crippen molar-refractivity contribution in [3.8, 4) is 0 Å². The average Bonchev–Trinajstić information content (AvgIpc) is 2.38. The summed E-state index contributed by atoms with van der Waals surface area (Å²) in [6, 6.07) is 11.6. The van der Waals surface area contributed by atoms with Crippen molar-refractivity contribution in [3.63, 3.8) is 0 Å². The molecule has 0 N–H and O–H groups in total. The molecule has 0 unspecified atom stereocenters. The summed E-state index contributed by atoms with van der Waals surface area (Å²) in [5.74, 6) is 0. The first-order valence-corrected chi connectivity index (χ1v) is 8.87. The first-order valence-electron chi connectivity index (χ1n) is 6.05. The third-order valence-electron chi connectivity index (χ3n) is 2.62. The van der Waals surface area contributed by atoms with E-state index in [4.69, 9.17) is 0 Å². The van der Waals surface area contributed by atoms with Crippen molar-refractivity contribution in [2.75, 3.05) is 0 Å². The van der Waals surface area contributed by atoms with Crippen molar-refractivity contribution in [2.45, 2.75) is 23.6 Å². The molecule has 0 heterocycles. The van der Waals surface area contributed by atoms with Gasteiger partial charge < -0.3 is 9.11 Å². The van der Waals surface area contributed by atoms with E-state index in [1.54, 1.807) is 24.3 Å². The molecule has 6 nitrogen and oxygen atoms in total. The molecular weight excluding hydrogens is 374 g/mol. The van der Waals surface area contributed by atoms with Gasteiger partial charge in [-0.1, -0.05) is 35.4 Å². The molecule has 0 bridgehead atoms. The first-order chi connectivity index (χ1) is 10.00. The van der Waals surface area contributed by atoms with Crippen molar-refractivity contribution in [3.05, 3.63) is 59.7 Å². The second-order valence-electron chi connectivity index (χ2n) is 4.53. The van der Waals surface area contributed by atoms with E-state index < -0.39 is 20.2 Å². The second-order valence-corrected chi connectivity index (χ2v) is 7.29. The van der Waals surface area contributed by atoms with Gasteiger partial charge in [0.1, 0.15) is 20.2 Å². The van der Waals surface area contributed by atoms with E-state index in [2.05, 4.69) is 0 Å². The summed E-state index contributed by atoms with van der Waals surface area (Å²) in [4.78, 5) is -0.355. The van der Waals surface area contributed by atoms with Crippen LogP contribution in [0.25, 0.3) is 0 Å². The summed E-state index contributed by atoms with van der Waals surface area (Å²) in [6.45, 7) is 3.64. The average molecular weight is 388 g/mol. The van der Waals surface area contributed by atoms with Crippen LogP contribution in [0.4, 0.5) is 0 Å². The predicted octanol–water partition coefficient (Wildman–Crippen LogP) is -4.19.